The Labute approximate surface area is 179 Å². The van der Waals surface area contributed by atoms with Gasteiger partial charge >= 0.3 is 0 Å². The van der Waals surface area contributed by atoms with Gasteiger partial charge in [0.25, 0.3) is 11.8 Å². The topological polar surface area (TPSA) is 49.9 Å². The highest BCUT2D eigenvalue weighted by Gasteiger charge is 2.43. The molecular weight excluding hydrogens is 407 g/mol. The van der Waals surface area contributed by atoms with Gasteiger partial charge in [-0.1, -0.05) is 30.7 Å². The summed E-state index contributed by atoms with van der Waals surface area (Å²) < 4.78 is 18.7. The smallest absolute Gasteiger partial charge is 0.282 e. The predicted octanol–water partition coefficient (Wildman–Crippen LogP) is 4.50. The number of halogens is 2. The van der Waals surface area contributed by atoms with E-state index in [1.165, 1.54) is 31.4 Å². The fourth-order valence-corrected chi connectivity index (χ4v) is 4.20. The maximum atomic E-state index is 13.5. The predicted molar refractivity (Wildman–Crippen MR) is 114 cm³/mol. The van der Waals surface area contributed by atoms with Gasteiger partial charge in [0.05, 0.1) is 23.4 Å². The molecule has 0 saturated carbocycles. The molecule has 30 heavy (non-hydrogen) atoms. The lowest BCUT2D eigenvalue weighted by atomic mass is 9.97. The van der Waals surface area contributed by atoms with E-state index in [0.717, 1.165) is 17.7 Å². The summed E-state index contributed by atoms with van der Waals surface area (Å²) in [4.78, 5) is 30.0. The van der Waals surface area contributed by atoms with Gasteiger partial charge in [0.1, 0.15) is 17.3 Å². The van der Waals surface area contributed by atoms with Crippen LogP contribution in [0.25, 0.3) is 5.57 Å². The molecule has 0 N–H and O–H groups in total. The first-order chi connectivity index (χ1) is 14.4. The molecule has 2 aromatic carbocycles. The number of imide groups is 1. The summed E-state index contributed by atoms with van der Waals surface area (Å²) >= 11 is 6.24. The normalized spacial score (nSPS) is 17.9. The zero-order valence-electron chi connectivity index (χ0n) is 16.8. The molecule has 0 bridgehead atoms. The number of benzene rings is 2. The largest absolute Gasteiger partial charge is 0.495 e. The Balaban J connectivity index is 1.79. The first kappa shape index (κ1) is 20.4. The van der Waals surface area contributed by atoms with Crippen LogP contribution in [-0.4, -0.2) is 36.9 Å². The summed E-state index contributed by atoms with van der Waals surface area (Å²) in [7, 11) is 1.50. The van der Waals surface area contributed by atoms with E-state index in [1.54, 1.807) is 18.2 Å². The van der Waals surface area contributed by atoms with Crippen LogP contribution < -0.4 is 9.64 Å². The highest BCUT2D eigenvalue weighted by molar-refractivity contribution is 6.45. The van der Waals surface area contributed by atoms with Gasteiger partial charge in [-0.15, -0.1) is 0 Å². The number of carbonyl (C=O) groups is 2. The molecule has 7 heteroatoms. The van der Waals surface area contributed by atoms with Gasteiger partial charge in [-0.3, -0.25) is 9.59 Å². The Morgan fingerprint density at radius 2 is 1.70 bits per heavy atom. The third-order valence-electron chi connectivity index (χ3n) is 5.69. The lowest BCUT2D eigenvalue weighted by Gasteiger charge is -2.32. The average Bonchev–Trinajstić information content (AvgIpc) is 2.99. The Morgan fingerprint density at radius 1 is 1.03 bits per heavy atom. The quantitative estimate of drug-likeness (QED) is 0.672. The summed E-state index contributed by atoms with van der Waals surface area (Å²) in [5.74, 6) is -0.212. The van der Waals surface area contributed by atoms with Crippen LogP contribution in [0.2, 0.25) is 5.02 Å². The van der Waals surface area contributed by atoms with Crippen molar-refractivity contribution in [1.29, 1.82) is 0 Å². The van der Waals surface area contributed by atoms with Crippen molar-refractivity contribution >= 4 is 34.7 Å². The summed E-state index contributed by atoms with van der Waals surface area (Å²) in [6, 6.07) is 10.5. The summed E-state index contributed by atoms with van der Waals surface area (Å²) in [5.41, 5.74) is 1.55. The van der Waals surface area contributed by atoms with Gasteiger partial charge < -0.3 is 9.64 Å². The number of likely N-dealkylation sites (tertiary alicyclic amines) is 1. The van der Waals surface area contributed by atoms with E-state index < -0.39 is 17.6 Å². The standard InChI is InChI=1S/C23H22ClFN2O3/c1-14-9-11-26(12-10-14)21-20(15-3-5-16(25)6-4-15)22(28)27(23(21)29)17-7-8-19(30-2)18(24)13-17/h3-8,13-14H,9-12H2,1-2H3. The van der Waals surface area contributed by atoms with E-state index >= 15 is 0 Å². The van der Waals surface area contributed by atoms with Gasteiger partial charge in [0.15, 0.2) is 0 Å². The molecular formula is C23H22ClFN2O3. The maximum Gasteiger partial charge on any atom is 0.282 e. The van der Waals surface area contributed by atoms with E-state index in [0.29, 0.717) is 52.3 Å². The first-order valence-electron chi connectivity index (χ1n) is 9.88. The van der Waals surface area contributed by atoms with Crippen molar-refractivity contribution in [2.45, 2.75) is 19.8 Å². The van der Waals surface area contributed by atoms with Crippen molar-refractivity contribution < 1.29 is 18.7 Å². The molecule has 2 heterocycles. The monoisotopic (exact) mass is 428 g/mol. The molecule has 0 unspecified atom stereocenters. The molecule has 0 atom stereocenters. The van der Waals surface area contributed by atoms with E-state index in [2.05, 4.69) is 6.92 Å². The second kappa shape index (κ2) is 8.11. The highest BCUT2D eigenvalue weighted by Crippen LogP contribution is 2.38. The van der Waals surface area contributed by atoms with Crippen molar-refractivity contribution in [2.24, 2.45) is 5.92 Å². The van der Waals surface area contributed by atoms with Gasteiger partial charge in [-0.25, -0.2) is 9.29 Å². The summed E-state index contributed by atoms with van der Waals surface area (Å²) in [6.07, 6.45) is 1.88. The molecule has 1 fully saturated rings. The van der Waals surface area contributed by atoms with Crippen LogP contribution in [0.4, 0.5) is 10.1 Å². The van der Waals surface area contributed by atoms with Crippen LogP contribution >= 0.6 is 11.6 Å². The number of hydrogen-bond acceptors (Lipinski definition) is 4. The van der Waals surface area contributed by atoms with Crippen LogP contribution in [0.5, 0.6) is 5.75 Å². The summed E-state index contributed by atoms with van der Waals surface area (Å²) in [5, 5.41) is 0.305. The molecule has 2 aliphatic rings. The number of carbonyl (C=O) groups excluding carboxylic acids is 2. The van der Waals surface area contributed by atoms with E-state index in [4.69, 9.17) is 16.3 Å². The molecule has 0 spiro atoms. The molecule has 0 radical (unpaired) electrons. The average molecular weight is 429 g/mol. The van der Waals surface area contributed by atoms with Crippen molar-refractivity contribution in [3.63, 3.8) is 0 Å². The van der Waals surface area contributed by atoms with Gasteiger partial charge in [-0.05, 0) is 54.7 Å². The van der Waals surface area contributed by atoms with Crippen molar-refractivity contribution in [3.05, 3.63) is 64.6 Å². The van der Waals surface area contributed by atoms with Crippen LogP contribution in [0.15, 0.2) is 48.2 Å². The minimum atomic E-state index is -0.443. The van der Waals surface area contributed by atoms with E-state index in [-0.39, 0.29) is 0 Å². The molecule has 2 aromatic rings. The van der Waals surface area contributed by atoms with E-state index in [1.807, 2.05) is 4.90 Å². The van der Waals surface area contributed by atoms with Crippen molar-refractivity contribution in [3.8, 4) is 5.75 Å². The molecule has 0 aromatic heterocycles. The van der Waals surface area contributed by atoms with E-state index in [9.17, 15) is 14.0 Å². The Morgan fingerprint density at radius 3 is 2.30 bits per heavy atom. The molecule has 2 aliphatic heterocycles. The third kappa shape index (κ3) is 3.56. The van der Waals surface area contributed by atoms with Crippen LogP contribution in [-0.2, 0) is 9.59 Å². The number of methoxy groups -OCH3 is 1. The Hall–Kier alpha value is -2.86. The van der Waals surface area contributed by atoms with Crippen LogP contribution in [0.1, 0.15) is 25.3 Å². The lowest BCUT2D eigenvalue weighted by molar-refractivity contribution is -0.120. The fourth-order valence-electron chi connectivity index (χ4n) is 3.95. The molecule has 4 rings (SSSR count). The molecule has 1 saturated heterocycles. The zero-order chi connectivity index (χ0) is 21.4. The Bertz CT molecular complexity index is 1030. The minimum absolute atomic E-state index is 0.293. The lowest BCUT2D eigenvalue weighted by Crippen LogP contribution is -2.38. The zero-order valence-corrected chi connectivity index (χ0v) is 17.6. The first-order valence-corrected chi connectivity index (χ1v) is 10.3. The van der Waals surface area contributed by atoms with Gasteiger partial charge in [0.2, 0.25) is 0 Å². The number of anilines is 1. The number of rotatable bonds is 4. The van der Waals surface area contributed by atoms with Crippen LogP contribution in [0.3, 0.4) is 0 Å². The minimum Gasteiger partial charge on any atom is -0.495 e. The fraction of sp³-hybridized carbons (Fsp3) is 0.304. The number of nitrogens with zero attached hydrogens (tertiary/aromatic N) is 2. The number of piperidine rings is 1. The number of ether oxygens (including phenoxy) is 1. The number of hydrogen-bond donors (Lipinski definition) is 0. The maximum absolute atomic E-state index is 13.5. The van der Waals surface area contributed by atoms with Gasteiger partial charge in [0, 0.05) is 13.1 Å². The van der Waals surface area contributed by atoms with Crippen molar-refractivity contribution in [1.82, 2.24) is 4.90 Å². The molecule has 5 nitrogen and oxygen atoms in total. The highest BCUT2D eigenvalue weighted by atomic mass is 35.5. The SMILES string of the molecule is COc1ccc(N2C(=O)C(c3ccc(F)cc3)=C(N3CCC(C)CC3)C2=O)cc1Cl. The number of amides is 2. The third-order valence-corrected chi connectivity index (χ3v) is 5.98. The second-order valence-corrected chi connectivity index (χ2v) is 8.07. The van der Waals surface area contributed by atoms with Crippen molar-refractivity contribution in [2.75, 3.05) is 25.1 Å². The Kier molecular flexibility index (Phi) is 5.52. The second-order valence-electron chi connectivity index (χ2n) is 7.66. The van der Waals surface area contributed by atoms with Gasteiger partial charge in [-0.2, -0.15) is 0 Å². The molecule has 0 aliphatic carbocycles. The van der Waals surface area contributed by atoms with Crippen LogP contribution in [0, 0.1) is 11.7 Å². The summed E-state index contributed by atoms with van der Waals surface area (Å²) in [6.45, 7) is 3.56. The molecule has 156 valence electrons. The molecule has 2 amide bonds.